The monoisotopic (exact) mass is 577 g/mol. The van der Waals surface area contributed by atoms with Crippen LogP contribution >= 0.6 is 0 Å². The second-order valence-corrected chi connectivity index (χ2v) is 13.2. The second-order valence-electron chi connectivity index (χ2n) is 13.2. The number of hydrogen-bond donors (Lipinski definition) is 0. The molecule has 5 atom stereocenters. The Labute approximate surface area is 260 Å². The highest BCUT2D eigenvalue weighted by molar-refractivity contribution is 6.02. The lowest BCUT2D eigenvalue weighted by atomic mass is 9.70. The molecule has 6 aromatic rings. The van der Waals surface area contributed by atoms with Gasteiger partial charge in [0.2, 0.25) is 0 Å². The molecule has 5 aromatic carbocycles. The molecule has 0 amide bonds. The average Bonchev–Trinajstić information content (AvgIpc) is 3.09. The van der Waals surface area contributed by atoms with Gasteiger partial charge in [-0.1, -0.05) is 104 Å². The Kier molecular flexibility index (Phi) is 7.16. The van der Waals surface area contributed by atoms with Gasteiger partial charge >= 0.3 is 0 Å². The van der Waals surface area contributed by atoms with Crippen LogP contribution in [0.15, 0.2) is 121 Å². The lowest BCUT2D eigenvalue weighted by molar-refractivity contribution is -0.985. The topological polar surface area (TPSA) is 22.1 Å². The SMILES string of the molecule is CC[C@H]1C[N+]2(Cc3c4ccccc4cc4ccccc34)CC[C@H]1C[C@H]2[C@H](OCc1ccccc1)c1ccnc2ccccc12. The van der Waals surface area contributed by atoms with Gasteiger partial charge in [-0.2, -0.15) is 0 Å². The molecule has 3 heteroatoms. The summed E-state index contributed by atoms with van der Waals surface area (Å²) >= 11 is 0. The van der Waals surface area contributed by atoms with Gasteiger partial charge in [-0.15, -0.1) is 0 Å². The highest BCUT2D eigenvalue weighted by atomic mass is 16.5. The molecule has 2 bridgehead atoms. The first-order valence-electron chi connectivity index (χ1n) is 16.5. The molecule has 3 nitrogen and oxygen atoms in total. The maximum absolute atomic E-state index is 7.18. The molecule has 0 saturated carbocycles. The minimum atomic E-state index is -0.0232. The zero-order chi connectivity index (χ0) is 29.5. The maximum Gasteiger partial charge on any atom is 0.135 e. The largest absolute Gasteiger partial charge is 0.363 e. The molecule has 3 aliphatic rings. The number of fused-ring (bicyclic) bond motifs is 6. The average molecular weight is 578 g/mol. The lowest BCUT2D eigenvalue weighted by Crippen LogP contribution is -2.67. The summed E-state index contributed by atoms with van der Waals surface area (Å²) < 4.78 is 8.26. The molecule has 1 unspecified atom stereocenters. The minimum Gasteiger partial charge on any atom is -0.363 e. The standard InChI is InChI=1S/C41H41N2O/c1-2-30-26-43(27-38-34-16-8-6-14-32(34)24-33-15-7-9-17-35(33)38)23-21-31(30)25-40(43)41(44-28-29-12-4-3-5-13-29)37-20-22-42-39-19-11-10-18-36(37)39/h3-20,22,24,30-31,40-41H,2,21,23,25-28H2,1H3/q+1/t30-,31-,40-,41+,43?/m0/s1. The van der Waals surface area contributed by atoms with Gasteiger partial charge in [0.15, 0.2) is 0 Å². The lowest BCUT2D eigenvalue weighted by Gasteiger charge is -2.59. The fraction of sp³-hybridized carbons (Fsp3) is 0.293. The summed E-state index contributed by atoms with van der Waals surface area (Å²) in [6.07, 6.45) is 5.73. The van der Waals surface area contributed by atoms with E-state index in [-0.39, 0.29) is 6.10 Å². The predicted octanol–water partition coefficient (Wildman–Crippen LogP) is 9.63. The number of quaternary nitrogens is 1. The molecule has 3 aliphatic heterocycles. The van der Waals surface area contributed by atoms with Crippen LogP contribution in [0.2, 0.25) is 0 Å². The van der Waals surface area contributed by atoms with Gasteiger partial charge in [-0.3, -0.25) is 4.98 Å². The minimum absolute atomic E-state index is 0.0232. The molecular weight excluding hydrogens is 536 g/mol. The first-order chi connectivity index (χ1) is 21.7. The summed E-state index contributed by atoms with van der Waals surface area (Å²) in [5.41, 5.74) is 5.06. The van der Waals surface area contributed by atoms with E-state index in [2.05, 4.69) is 122 Å². The van der Waals surface area contributed by atoms with Crippen molar-refractivity contribution in [1.82, 2.24) is 4.98 Å². The Morgan fingerprint density at radius 3 is 2.23 bits per heavy atom. The van der Waals surface area contributed by atoms with Crippen molar-refractivity contribution in [3.8, 4) is 0 Å². The molecular formula is C41H41N2O+. The highest BCUT2D eigenvalue weighted by Gasteiger charge is 2.55. The summed E-state index contributed by atoms with van der Waals surface area (Å²) in [7, 11) is 0. The summed E-state index contributed by atoms with van der Waals surface area (Å²) in [5, 5.41) is 6.69. The van der Waals surface area contributed by atoms with Crippen LogP contribution in [0, 0.1) is 11.8 Å². The van der Waals surface area contributed by atoms with Crippen LogP contribution < -0.4 is 0 Å². The Morgan fingerprint density at radius 2 is 1.48 bits per heavy atom. The molecule has 0 radical (unpaired) electrons. The van der Waals surface area contributed by atoms with Gasteiger partial charge in [-0.25, -0.2) is 0 Å². The van der Waals surface area contributed by atoms with Gasteiger partial charge in [-0.05, 0) is 63.2 Å². The molecule has 4 heterocycles. The van der Waals surface area contributed by atoms with E-state index >= 15 is 0 Å². The van der Waals surface area contributed by atoms with Gasteiger partial charge in [0.05, 0.1) is 25.2 Å². The molecule has 9 rings (SSSR count). The molecule has 0 aliphatic carbocycles. The van der Waals surface area contributed by atoms with Crippen LogP contribution in [0.25, 0.3) is 32.4 Å². The van der Waals surface area contributed by atoms with Crippen LogP contribution in [-0.2, 0) is 17.9 Å². The molecule has 1 aromatic heterocycles. The van der Waals surface area contributed by atoms with Gasteiger partial charge in [0.1, 0.15) is 18.7 Å². The first-order valence-corrected chi connectivity index (χ1v) is 16.5. The van der Waals surface area contributed by atoms with E-state index < -0.39 is 0 Å². The van der Waals surface area contributed by atoms with Crippen molar-refractivity contribution in [2.75, 3.05) is 13.1 Å². The Hall–Kier alpha value is -4.05. The molecule has 220 valence electrons. The number of aromatic nitrogens is 1. The van der Waals surface area contributed by atoms with Crippen molar-refractivity contribution in [3.05, 3.63) is 138 Å². The van der Waals surface area contributed by atoms with E-state index in [4.69, 9.17) is 9.72 Å². The molecule has 3 saturated heterocycles. The van der Waals surface area contributed by atoms with Crippen molar-refractivity contribution in [2.24, 2.45) is 11.8 Å². The van der Waals surface area contributed by atoms with Crippen molar-refractivity contribution in [2.45, 2.75) is 51.5 Å². The van der Waals surface area contributed by atoms with E-state index in [0.29, 0.717) is 12.6 Å². The number of rotatable bonds is 8. The van der Waals surface area contributed by atoms with Gasteiger partial charge in [0, 0.05) is 35.9 Å². The van der Waals surface area contributed by atoms with Crippen molar-refractivity contribution < 1.29 is 9.22 Å². The first kappa shape index (κ1) is 27.5. The van der Waals surface area contributed by atoms with Crippen LogP contribution in [0.3, 0.4) is 0 Å². The Balaban J connectivity index is 1.29. The third kappa shape index (κ3) is 4.80. The van der Waals surface area contributed by atoms with E-state index in [1.54, 1.807) is 0 Å². The van der Waals surface area contributed by atoms with Crippen LogP contribution in [0.5, 0.6) is 0 Å². The molecule has 0 spiro atoms. The van der Waals surface area contributed by atoms with E-state index in [1.807, 2.05) is 6.20 Å². The predicted molar refractivity (Wildman–Crippen MR) is 181 cm³/mol. The van der Waals surface area contributed by atoms with Crippen LogP contribution in [0.1, 0.15) is 49.0 Å². The molecule has 0 N–H and O–H groups in total. The summed E-state index contributed by atoms with van der Waals surface area (Å²) in [5.74, 6) is 1.51. The summed E-state index contributed by atoms with van der Waals surface area (Å²) in [6.45, 7) is 6.47. The van der Waals surface area contributed by atoms with E-state index in [9.17, 15) is 0 Å². The van der Waals surface area contributed by atoms with Crippen LogP contribution in [0.4, 0.5) is 0 Å². The van der Waals surface area contributed by atoms with Crippen molar-refractivity contribution in [1.29, 1.82) is 0 Å². The van der Waals surface area contributed by atoms with E-state index in [1.165, 1.54) is 76.0 Å². The van der Waals surface area contributed by atoms with Gasteiger partial charge in [0.25, 0.3) is 0 Å². The fourth-order valence-corrected chi connectivity index (χ4v) is 8.77. The molecule has 44 heavy (non-hydrogen) atoms. The number of nitrogens with zero attached hydrogens (tertiary/aromatic N) is 2. The number of para-hydroxylation sites is 1. The number of benzene rings is 5. The smallest absolute Gasteiger partial charge is 0.135 e. The number of piperidine rings is 3. The zero-order valence-electron chi connectivity index (χ0n) is 25.6. The number of ether oxygens (including phenoxy) is 1. The van der Waals surface area contributed by atoms with Crippen molar-refractivity contribution in [3.63, 3.8) is 0 Å². The zero-order valence-corrected chi connectivity index (χ0v) is 25.6. The Bertz CT molecular complexity index is 1880. The normalized spacial score (nSPS) is 23.8. The fourth-order valence-electron chi connectivity index (χ4n) is 8.77. The summed E-state index contributed by atoms with van der Waals surface area (Å²) in [6, 6.07) is 42.3. The van der Waals surface area contributed by atoms with Crippen LogP contribution in [-0.4, -0.2) is 28.6 Å². The van der Waals surface area contributed by atoms with Crippen molar-refractivity contribution >= 4 is 32.4 Å². The molecule has 3 fully saturated rings. The maximum atomic E-state index is 7.18. The Morgan fingerprint density at radius 1 is 0.795 bits per heavy atom. The highest BCUT2D eigenvalue weighted by Crippen LogP contribution is 2.50. The van der Waals surface area contributed by atoms with E-state index in [0.717, 1.165) is 28.4 Å². The second kappa shape index (κ2) is 11.5. The number of hydrogen-bond acceptors (Lipinski definition) is 2. The number of pyridine rings is 1. The quantitative estimate of drug-likeness (QED) is 0.133. The third-order valence-electron chi connectivity index (χ3n) is 10.9. The third-order valence-corrected chi connectivity index (χ3v) is 10.9. The summed E-state index contributed by atoms with van der Waals surface area (Å²) in [4.78, 5) is 4.75. The van der Waals surface area contributed by atoms with Gasteiger partial charge < -0.3 is 9.22 Å².